The Balaban J connectivity index is 2.36. The Hall–Kier alpha value is -2.04. The van der Waals surface area contributed by atoms with Crippen LogP contribution in [-0.4, -0.2) is 24.2 Å². The zero-order chi connectivity index (χ0) is 15.9. The van der Waals surface area contributed by atoms with Gasteiger partial charge in [0, 0.05) is 13.0 Å². The molecule has 21 heavy (non-hydrogen) atoms. The first kappa shape index (κ1) is 17.0. The van der Waals surface area contributed by atoms with Gasteiger partial charge < -0.3 is 14.8 Å². The summed E-state index contributed by atoms with van der Waals surface area (Å²) in [4.78, 5) is 22.6. The van der Waals surface area contributed by atoms with Crippen molar-refractivity contribution in [1.29, 1.82) is 0 Å². The second kappa shape index (κ2) is 7.67. The molecule has 1 aromatic carbocycles. The predicted molar refractivity (Wildman–Crippen MR) is 80.3 cm³/mol. The molecule has 116 valence electrons. The summed E-state index contributed by atoms with van der Waals surface area (Å²) >= 11 is 0. The average molecular weight is 293 g/mol. The van der Waals surface area contributed by atoms with E-state index in [1.54, 1.807) is 19.1 Å². The van der Waals surface area contributed by atoms with Crippen molar-refractivity contribution < 1.29 is 19.1 Å². The standard InChI is InChI=1S/C16H23NO4/c1-5-14(18)20-13-8-6-12(7-9-13)10-11-17-15(19)21-16(2,3)4/h6-9H,5,10-11H2,1-4H3,(H,17,19). The van der Waals surface area contributed by atoms with E-state index >= 15 is 0 Å². The number of benzene rings is 1. The molecule has 0 spiro atoms. The van der Waals surface area contributed by atoms with E-state index in [9.17, 15) is 9.59 Å². The Morgan fingerprint density at radius 3 is 2.29 bits per heavy atom. The maximum atomic E-state index is 11.5. The van der Waals surface area contributed by atoms with Crippen molar-refractivity contribution in [3.63, 3.8) is 0 Å². The summed E-state index contributed by atoms with van der Waals surface area (Å²) in [6, 6.07) is 7.23. The monoisotopic (exact) mass is 293 g/mol. The molecule has 1 N–H and O–H groups in total. The van der Waals surface area contributed by atoms with Gasteiger partial charge in [-0.15, -0.1) is 0 Å². The number of alkyl carbamates (subject to hydrolysis) is 1. The van der Waals surface area contributed by atoms with Crippen LogP contribution in [0.1, 0.15) is 39.7 Å². The van der Waals surface area contributed by atoms with Crippen molar-refractivity contribution >= 4 is 12.1 Å². The van der Waals surface area contributed by atoms with Gasteiger partial charge in [0.05, 0.1) is 0 Å². The van der Waals surface area contributed by atoms with Gasteiger partial charge in [-0.3, -0.25) is 4.79 Å². The molecular weight excluding hydrogens is 270 g/mol. The van der Waals surface area contributed by atoms with Gasteiger partial charge in [0.25, 0.3) is 0 Å². The van der Waals surface area contributed by atoms with Crippen LogP contribution in [0.3, 0.4) is 0 Å². The second-order valence-electron chi connectivity index (χ2n) is 5.65. The summed E-state index contributed by atoms with van der Waals surface area (Å²) < 4.78 is 10.2. The molecule has 0 aliphatic rings. The van der Waals surface area contributed by atoms with E-state index in [2.05, 4.69) is 5.32 Å². The number of amides is 1. The maximum absolute atomic E-state index is 11.5. The van der Waals surface area contributed by atoms with Gasteiger partial charge in [-0.1, -0.05) is 19.1 Å². The van der Waals surface area contributed by atoms with Gasteiger partial charge in [0.2, 0.25) is 0 Å². The molecule has 5 nitrogen and oxygen atoms in total. The molecule has 0 saturated carbocycles. The first-order valence-corrected chi connectivity index (χ1v) is 7.06. The number of carbonyl (C=O) groups is 2. The zero-order valence-corrected chi connectivity index (χ0v) is 13.1. The normalized spacial score (nSPS) is 10.9. The largest absolute Gasteiger partial charge is 0.444 e. The van der Waals surface area contributed by atoms with Crippen molar-refractivity contribution in [3.8, 4) is 5.75 Å². The molecule has 0 atom stereocenters. The Morgan fingerprint density at radius 1 is 1.14 bits per heavy atom. The van der Waals surface area contributed by atoms with E-state index in [0.717, 1.165) is 5.56 Å². The molecule has 0 saturated heterocycles. The number of hydrogen-bond donors (Lipinski definition) is 1. The van der Waals surface area contributed by atoms with Crippen LogP contribution in [0.25, 0.3) is 0 Å². The molecular formula is C16H23NO4. The Morgan fingerprint density at radius 2 is 1.76 bits per heavy atom. The van der Waals surface area contributed by atoms with Crippen LogP contribution >= 0.6 is 0 Å². The zero-order valence-electron chi connectivity index (χ0n) is 13.1. The van der Waals surface area contributed by atoms with E-state index in [1.165, 1.54) is 0 Å². The van der Waals surface area contributed by atoms with Crippen LogP contribution in [-0.2, 0) is 16.0 Å². The van der Waals surface area contributed by atoms with Crippen molar-refractivity contribution in [3.05, 3.63) is 29.8 Å². The molecule has 0 heterocycles. The Bertz CT molecular complexity index is 474. The van der Waals surface area contributed by atoms with E-state index in [-0.39, 0.29) is 5.97 Å². The van der Waals surface area contributed by atoms with Gasteiger partial charge in [-0.25, -0.2) is 4.79 Å². The molecule has 0 unspecified atom stereocenters. The lowest BCUT2D eigenvalue weighted by Crippen LogP contribution is -2.33. The smallest absolute Gasteiger partial charge is 0.407 e. The minimum absolute atomic E-state index is 0.255. The highest BCUT2D eigenvalue weighted by Gasteiger charge is 2.15. The van der Waals surface area contributed by atoms with Crippen LogP contribution in [0.5, 0.6) is 5.75 Å². The van der Waals surface area contributed by atoms with Crippen molar-refractivity contribution in [2.24, 2.45) is 0 Å². The quantitative estimate of drug-likeness (QED) is 0.669. The first-order valence-electron chi connectivity index (χ1n) is 7.06. The van der Waals surface area contributed by atoms with Crippen molar-refractivity contribution in [2.45, 2.75) is 46.1 Å². The highest BCUT2D eigenvalue weighted by atomic mass is 16.6. The minimum Gasteiger partial charge on any atom is -0.444 e. The van der Waals surface area contributed by atoms with Crippen LogP contribution in [0.4, 0.5) is 4.79 Å². The lowest BCUT2D eigenvalue weighted by molar-refractivity contribution is -0.134. The van der Waals surface area contributed by atoms with Crippen LogP contribution in [0.2, 0.25) is 0 Å². The highest BCUT2D eigenvalue weighted by molar-refractivity contribution is 5.71. The summed E-state index contributed by atoms with van der Waals surface area (Å²) in [5.74, 6) is 0.278. The van der Waals surface area contributed by atoms with E-state index < -0.39 is 11.7 Å². The van der Waals surface area contributed by atoms with E-state index in [1.807, 2.05) is 32.9 Å². The second-order valence-corrected chi connectivity index (χ2v) is 5.65. The van der Waals surface area contributed by atoms with Crippen molar-refractivity contribution in [1.82, 2.24) is 5.32 Å². The molecule has 1 aromatic rings. The molecule has 0 aliphatic carbocycles. The predicted octanol–water partition coefficient (Wildman–Crippen LogP) is 3.07. The Kier molecular flexibility index (Phi) is 6.21. The summed E-state index contributed by atoms with van der Waals surface area (Å²) in [6.07, 6.45) is 0.610. The molecule has 0 radical (unpaired) electrons. The number of carbonyl (C=O) groups excluding carboxylic acids is 2. The summed E-state index contributed by atoms with van der Waals surface area (Å²) in [6.45, 7) is 7.71. The highest BCUT2D eigenvalue weighted by Crippen LogP contribution is 2.13. The van der Waals surface area contributed by atoms with Gasteiger partial charge >= 0.3 is 12.1 Å². The third-order valence-electron chi connectivity index (χ3n) is 2.53. The molecule has 0 fully saturated rings. The fraction of sp³-hybridized carbons (Fsp3) is 0.500. The lowest BCUT2D eigenvalue weighted by Gasteiger charge is -2.19. The molecule has 5 heteroatoms. The number of hydrogen-bond acceptors (Lipinski definition) is 4. The van der Waals surface area contributed by atoms with Gasteiger partial charge in [0.1, 0.15) is 11.4 Å². The molecule has 0 aromatic heterocycles. The lowest BCUT2D eigenvalue weighted by atomic mass is 10.1. The van der Waals surface area contributed by atoms with E-state index in [4.69, 9.17) is 9.47 Å². The van der Waals surface area contributed by atoms with Crippen LogP contribution < -0.4 is 10.1 Å². The molecule has 1 amide bonds. The third-order valence-corrected chi connectivity index (χ3v) is 2.53. The van der Waals surface area contributed by atoms with E-state index in [0.29, 0.717) is 25.1 Å². The summed E-state index contributed by atoms with van der Waals surface area (Å²) in [5.41, 5.74) is 0.553. The molecule has 0 bridgehead atoms. The van der Waals surface area contributed by atoms with Crippen LogP contribution in [0.15, 0.2) is 24.3 Å². The third kappa shape index (κ3) is 7.34. The van der Waals surface area contributed by atoms with Crippen LogP contribution in [0, 0.1) is 0 Å². The topological polar surface area (TPSA) is 64.6 Å². The SMILES string of the molecule is CCC(=O)Oc1ccc(CCNC(=O)OC(C)(C)C)cc1. The van der Waals surface area contributed by atoms with Gasteiger partial charge in [-0.05, 0) is 44.9 Å². The van der Waals surface area contributed by atoms with Gasteiger partial charge in [0.15, 0.2) is 0 Å². The Labute approximate surface area is 125 Å². The first-order chi connectivity index (χ1) is 9.80. The number of nitrogens with one attached hydrogen (secondary N) is 1. The fourth-order valence-electron chi connectivity index (χ4n) is 1.55. The molecule has 1 rings (SSSR count). The van der Waals surface area contributed by atoms with Crippen molar-refractivity contribution in [2.75, 3.05) is 6.54 Å². The number of esters is 1. The summed E-state index contributed by atoms with van der Waals surface area (Å²) in [7, 11) is 0. The minimum atomic E-state index is -0.491. The maximum Gasteiger partial charge on any atom is 0.407 e. The molecule has 0 aliphatic heterocycles. The average Bonchev–Trinajstić information content (AvgIpc) is 2.38. The number of ether oxygens (including phenoxy) is 2. The van der Waals surface area contributed by atoms with Gasteiger partial charge in [-0.2, -0.15) is 0 Å². The number of rotatable bonds is 5. The fourth-order valence-corrected chi connectivity index (χ4v) is 1.55. The summed E-state index contributed by atoms with van der Waals surface area (Å²) in [5, 5.41) is 2.70.